The van der Waals surface area contributed by atoms with Crippen molar-refractivity contribution in [2.24, 2.45) is 0 Å². The fourth-order valence-corrected chi connectivity index (χ4v) is 8.64. The average Bonchev–Trinajstić information content (AvgIpc) is 2.56. The summed E-state index contributed by atoms with van der Waals surface area (Å²) in [7, 11) is -2.41. The van der Waals surface area contributed by atoms with Gasteiger partial charge in [-0.1, -0.05) is 38.5 Å². The van der Waals surface area contributed by atoms with E-state index < -0.39 is 7.14 Å². The van der Waals surface area contributed by atoms with Crippen molar-refractivity contribution in [3.63, 3.8) is 0 Å². The third kappa shape index (κ3) is 3.11. The van der Waals surface area contributed by atoms with Crippen molar-refractivity contribution in [1.82, 2.24) is 0 Å². The molecular weight excluding hydrogens is 282 g/mol. The molecule has 0 heterocycles. The Labute approximate surface area is 127 Å². The molecular formula is C18H26FOP. The van der Waals surface area contributed by atoms with Crippen molar-refractivity contribution in [3.05, 3.63) is 30.1 Å². The highest BCUT2D eigenvalue weighted by atomic mass is 31.2. The van der Waals surface area contributed by atoms with Gasteiger partial charge in [0.25, 0.3) is 0 Å². The van der Waals surface area contributed by atoms with Gasteiger partial charge in [-0.05, 0) is 49.9 Å². The molecule has 0 saturated heterocycles. The van der Waals surface area contributed by atoms with Gasteiger partial charge in [0.15, 0.2) is 0 Å². The van der Waals surface area contributed by atoms with Crippen molar-refractivity contribution >= 4 is 12.4 Å². The predicted molar refractivity (Wildman–Crippen MR) is 87.4 cm³/mol. The highest BCUT2D eigenvalue weighted by Crippen LogP contribution is 2.61. The minimum atomic E-state index is -2.41. The maximum Gasteiger partial charge on any atom is 0.123 e. The lowest BCUT2D eigenvalue weighted by Gasteiger charge is -2.38. The van der Waals surface area contributed by atoms with Crippen LogP contribution in [0.25, 0.3) is 0 Å². The molecule has 0 unspecified atom stereocenters. The zero-order valence-corrected chi connectivity index (χ0v) is 13.7. The lowest BCUT2D eigenvalue weighted by Crippen LogP contribution is -2.29. The van der Waals surface area contributed by atoms with Crippen LogP contribution in [-0.4, -0.2) is 11.3 Å². The van der Waals surface area contributed by atoms with Crippen molar-refractivity contribution in [1.29, 1.82) is 0 Å². The standard InChI is InChI=1S/C18H26FOP/c19-15-11-13-18(14-12-15)21(20,16-7-3-1-4-8-16)17-9-5-2-6-10-17/h11-14,16-17H,1-10H2. The quantitative estimate of drug-likeness (QED) is 0.676. The summed E-state index contributed by atoms with van der Waals surface area (Å²) in [6.07, 6.45) is 11.8. The van der Waals surface area contributed by atoms with Crippen LogP contribution in [0.2, 0.25) is 0 Å². The molecule has 1 nitrogen and oxygen atoms in total. The summed E-state index contributed by atoms with van der Waals surface area (Å²) in [5.74, 6) is -0.224. The van der Waals surface area contributed by atoms with E-state index in [4.69, 9.17) is 0 Å². The molecule has 0 N–H and O–H groups in total. The second-order valence-electron chi connectivity index (χ2n) is 6.77. The summed E-state index contributed by atoms with van der Waals surface area (Å²) < 4.78 is 27.4. The van der Waals surface area contributed by atoms with E-state index in [-0.39, 0.29) is 5.82 Å². The Morgan fingerprint density at radius 2 is 1.19 bits per heavy atom. The van der Waals surface area contributed by atoms with Gasteiger partial charge in [0.2, 0.25) is 0 Å². The van der Waals surface area contributed by atoms with Gasteiger partial charge >= 0.3 is 0 Å². The van der Waals surface area contributed by atoms with Crippen LogP contribution in [0.5, 0.6) is 0 Å². The normalized spacial score (nSPS) is 22.3. The molecule has 3 heteroatoms. The average molecular weight is 308 g/mol. The van der Waals surface area contributed by atoms with Gasteiger partial charge in [-0.2, -0.15) is 0 Å². The van der Waals surface area contributed by atoms with Crippen LogP contribution in [0.4, 0.5) is 4.39 Å². The predicted octanol–water partition coefficient (Wildman–Crippen LogP) is 5.48. The number of halogens is 1. The first kappa shape index (κ1) is 15.3. The molecule has 0 atom stereocenters. The zero-order valence-electron chi connectivity index (χ0n) is 12.8. The van der Waals surface area contributed by atoms with Crippen LogP contribution in [0.3, 0.4) is 0 Å². The van der Waals surface area contributed by atoms with E-state index in [1.54, 1.807) is 12.1 Å². The van der Waals surface area contributed by atoms with Crippen LogP contribution in [0.1, 0.15) is 64.2 Å². The Kier molecular flexibility index (Phi) is 4.84. The summed E-state index contributed by atoms with van der Waals surface area (Å²) in [5.41, 5.74) is 0.694. The van der Waals surface area contributed by atoms with E-state index in [9.17, 15) is 8.96 Å². The SMILES string of the molecule is O=P(c1ccc(F)cc1)(C1CCCCC1)C1CCCCC1. The monoisotopic (exact) mass is 308 g/mol. The van der Waals surface area contributed by atoms with E-state index in [1.165, 1.54) is 50.7 Å². The Bertz CT molecular complexity index is 476. The van der Waals surface area contributed by atoms with E-state index in [0.29, 0.717) is 11.3 Å². The topological polar surface area (TPSA) is 17.1 Å². The van der Waals surface area contributed by atoms with Crippen LogP contribution < -0.4 is 5.30 Å². The van der Waals surface area contributed by atoms with Crippen LogP contribution in [0, 0.1) is 5.82 Å². The first-order valence-corrected chi connectivity index (χ1v) is 10.4. The van der Waals surface area contributed by atoms with E-state index in [2.05, 4.69) is 0 Å². The van der Waals surface area contributed by atoms with Crippen molar-refractivity contribution in [3.8, 4) is 0 Å². The third-order valence-corrected chi connectivity index (χ3v) is 9.77. The highest BCUT2D eigenvalue weighted by Gasteiger charge is 2.42. The Balaban J connectivity index is 1.96. The minimum Gasteiger partial charge on any atom is -0.318 e. The smallest absolute Gasteiger partial charge is 0.123 e. The molecule has 116 valence electrons. The minimum absolute atomic E-state index is 0.224. The van der Waals surface area contributed by atoms with Gasteiger partial charge in [-0.15, -0.1) is 0 Å². The first-order valence-electron chi connectivity index (χ1n) is 8.57. The second-order valence-corrected chi connectivity index (χ2v) is 10.2. The molecule has 0 amide bonds. The summed E-state index contributed by atoms with van der Waals surface area (Å²) in [6.45, 7) is 0. The van der Waals surface area contributed by atoms with Gasteiger partial charge in [0, 0.05) is 16.6 Å². The number of hydrogen-bond donors (Lipinski definition) is 0. The van der Waals surface area contributed by atoms with Gasteiger partial charge < -0.3 is 4.57 Å². The van der Waals surface area contributed by atoms with Crippen molar-refractivity contribution in [2.45, 2.75) is 75.5 Å². The fourth-order valence-electron chi connectivity index (χ4n) is 4.32. The van der Waals surface area contributed by atoms with E-state index >= 15 is 0 Å². The summed E-state index contributed by atoms with van der Waals surface area (Å²) in [4.78, 5) is 0. The van der Waals surface area contributed by atoms with E-state index in [0.717, 1.165) is 31.0 Å². The van der Waals surface area contributed by atoms with Crippen LogP contribution >= 0.6 is 7.14 Å². The van der Waals surface area contributed by atoms with Crippen LogP contribution in [-0.2, 0) is 4.57 Å². The molecule has 2 aliphatic carbocycles. The number of hydrogen-bond acceptors (Lipinski definition) is 1. The lowest BCUT2D eigenvalue weighted by molar-refractivity contribution is 0.452. The summed E-state index contributed by atoms with van der Waals surface area (Å²) >= 11 is 0. The third-order valence-electron chi connectivity index (χ3n) is 5.46. The fraction of sp³-hybridized carbons (Fsp3) is 0.667. The van der Waals surface area contributed by atoms with Crippen molar-refractivity contribution < 1.29 is 8.96 Å². The lowest BCUT2D eigenvalue weighted by atomic mass is 9.99. The van der Waals surface area contributed by atoms with Crippen LogP contribution in [0.15, 0.2) is 24.3 Å². The molecule has 1 aromatic rings. The van der Waals surface area contributed by atoms with Gasteiger partial charge in [-0.3, -0.25) is 0 Å². The van der Waals surface area contributed by atoms with Gasteiger partial charge in [0.1, 0.15) is 13.0 Å². The Hall–Kier alpha value is -0.620. The van der Waals surface area contributed by atoms with Gasteiger partial charge in [0.05, 0.1) is 0 Å². The highest BCUT2D eigenvalue weighted by molar-refractivity contribution is 7.73. The van der Waals surface area contributed by atoms with Crippen molar-refractivity contribution in [2.75, 3.05) is 0 Å². The molecule has 2 fully saturated rings. The largest absolute Gasteiger partial charge is 0.318 e. The molecule has 3 rings (SSSR count). The first-order chi connectivity index (χ1) is 10.2. The number of rotatable bonds is 3. The maximum atomic E-state index is 14.1. The molecule has 21 heavy (non-hydrogen) atoms. The Morgan fingerprint density at radius 1 is 0.762 bits per heavy atom. The molecule has 2 saturated carbocycles. The Morgan fingerprint density at radius 3 is 1.62 bits per heavy atom. The number of benzene rings is 1. The molecule has 0 bridgehead atoms. The van der Waals surface area contributed by atoms with E-state index in [1.807, 2.05) is 0 Å². The second kappa shape index (κ2) is 6.65. The molecule has 0 aromatic heterocycles. The molecule has 1 aromatic carbocycles. The molecule has 0 spiro atoms. The molecule has 2 aliphatic rings. The summed E-state index contributed by atoms with van der Waals surface area (Å²) in [5, 5.41) is 0.947. The van der Waals surface area contributed by atoms with Gasteiger partial charge in [-0.25, -0.2) is 4.39 Å². The zero-order chi connectivity index (χ0) is 14.7. The summed E-state index contributed by atoms with van der Waals surface area (Å²) in [6, 6.07) is 6.60. The molecule has 0 radical (unpaired) electrons. The molecule has 0 aliphatic heterocycles. The maximum absolute atomic E-state index is 14.1.